The molecule has 6 atom stereocenters. The van der Waals surface area contributed by atoms with Gasteiger partial charge in [-0.15, -0.1) is 0 Å². The number of carbonyl (C=O) groups is 5. The minimum absolute atomic E-state index is 0.0990. The first-order valence-corrected chi connectivity index (χ1v) is 25.2. The molecule has 0 aliphatic heterocycles. The van der Waals surface area contributed by atoms with E-state index in [2.05, 4.69) is 47.8 Å². The third-order valence-corrected chi connectivity index (χ3v) is 13.3. The molecule has 2 aromatic rings. The molecule has 2 rings (SSSR count). The summed E-state index contributed by atoms with van der Waals surface area (Å²) in [6, 6.07) is 17.0. The fourth-order valence-corrected chi connectivity index (χ4v) is 8.71. The van der Waals surface area contributed by atoms with E-state index < -0.39 is 51.8 Å². The second-order valence-electron chi connectivity index (χ2n) is 22.7. The van der Waals surface area contributed by atoms with Crippen LogP contribution in [0.3, 0.4) is 0 Å². The molecule has 0 bridgehead atoms. The van der Waals surface area contributed by atoms with Crippen LogP contribution in [0.5, 0.6) is 0 Å². The Morgan fingerprint density at radius 3 is 1.20 bits per heavy atom. The molecule has 0 aliphatic rings. The van der Waals surface area contributed by atoms with E-state index in [0.29, 0.717) is 6.61 Å². The number of esters is 1. The molecular weight excluding hydrogens is 889 g/mol. The quantitative estimate of drug-likeness (QED) is 0.0519. The van der Waals surface area contributed by atoms with Gasteiger partial charge in [0.1, 0.15) is 12.1 Å². The van der Waals surface area contributed by atoms with Crippen LogP contribution < -0.4 is 21.3 Å². The zero-order valence-electron chi connectivity index (χ0n) is 47.5. The van der Waals surface area contributed by atoms with E-state index in [4.69, 9.17) is 4.74 Å². The summed E-state index contributed by atoms with van der Waals surface area (Å²) in [4.78, 5) is 70.0. The van der Waals surface area contributed by atoms with Crippen molar-refractivity contribution in [2.45, 2.75) is 165 Å². The molecule has 12 heteroatoms. The Morgan fingerprint density at radius 1 is 0.577 bits per heavy atom. The molecule has 0 saturated heterocycles. The molecule has 0 aliphatic carbocycles. The SMILES string of the molecule is C=C/C(C)=C/[C@H](C(C)C)N(C)C(=O)[C@@H](NC(=O)[C@@H](NC)C(C)(C)c1ccccc1)C(C)(C)C.CCOC(=O)/C=C\C(C)=C\[C@H](C(C)C)N(C)C(=O)[C@@H](NC(=O)[C@@H](NC)C(C)(C)c1ccccc1)C(C)(C)C. The van der Waals surface area contributed by atoms with Crippen molar-refractivity contribution in [1.29, 1.82) is 0 Å². The molecule has 396 valence electrons. The second kappa shape index (κ2) is 28.1. The molecule has 0 unspecified atom stereocenters. The van der Waals surface area contributed by atoms with E-state index in [1.165, 1.54) is 6.08 Å². The number of hydrogen-bond acceptors (Lipinski definition) is 8. The van der Waals surface area contributed by atoms with Crippen molar-refractivity contribution >= 4 is 29.6 Å². The van der Waals surface area contributed by atoms with Crippen molar-refractivity contribution in [2.24, 2.45) is 22.7 Å². The van der Waals surface area contributed by atoms with Crippen molar-refractivity contribution in [3.05, 3.63) is 120 Å². The molecule has 71 heavy (non-hydrogen) atoms. The minimum Gasteiger partial charge on any atom is -0.463 e. The van der Waals surface area contributed by atoms with E-state index in [1.54, 1.807) is 50.0 Å². The lowest BCUT2D eigenvalue weighted by atomic mass is 9.76. The smallest absolute Gasteiger partial charge is 0.330 e. The van der Waals surface area contributed by atoms with E-state index in [0.717, 1.165) is 22.3 Å². The number of allylic oxidation sites excluding steroid dienone is 4. The van der Waals surface area contributed by atoms with Gasteiger partial charge >= 0.3 is 5.97 Å². The summed E-state index contributed by atoms with van der Waals surface area (Å²) >= 11 is 0. The Bertz CT molecular complexity index is 2130. The normalized spacial score (nSPS) is 15.4. The van der Waals surface area contributed by atoms with Gasteiger partial charge in [0.25, 0.3) is 0 Å². The van der Waals surface area contributed by atoms with E-state index in [9.17, 15) is 24.0 Å². The lowest BCUT2D eigenvalue weighted by Crippen LogP contribution is -2.61. The summed E-state index contributed by atoms with van der Waals surface area (Å²) < 4.78 is 4.95. The van der Waals surface area contributed by atoms with Gasteiger partial charge in [-0.1, -0.05) is 200 Å². The van der Waals surface area contributed by atoms with E-state index >= 15 is 0 Å². The summed E-state index contributed by atoms with van der Waals surface area (Å²) in [7, 11) is 7.13. The fourth-order valence-electron chi connectivity index (χ4n) is 8.71. The van der Waals surface area contributed by atoms with Crippen LogP contribution in [0.25, 0.3) is 0 Å². The number of rotatable bonds is 22. The average Bonchev–Trinajstić information content (AvgIpc) is 3.29. The highest BCUT2D eigenvalue weighted by molar-refractivity contribution is 5.92. The number of nitrogens with zero attached hydrogens (tertiary/aromatic N) is 2. The van der Waals surface area contributed by atoms with E-state index in [1.807, 2.05) is 171 Å². The van der Waals surface area contributed by atoms with Gasteiger partial charge in [0.15, 0.2) is 0 Å². The predicted octanol–water partition coefficient (Wildman–Crippen LogP) is 9.33. The zero-order valence-corrected chi connectivity index (χ0v) is 47.5. The van der Waals surface area contributed by atoms with Gasteiger partial charge in [-0.2, -0.15) is 0 Å². The minimum atomic E-state index is -0.743. The van der Waals surface area contributed by atoms with E-state index in [-0.39, 0.29) is 47.5 Å². The Labute approximate surface area is 430 Å². The Balaban J connectivity index is 0.000000717. The highest BCUT2D eigenvalue weighted by Gasteiger charge is 2.43. The molecule has 0 fully saturated rings. The molecule has 12 nitrogen and oxygen atoms in total. The number of ether oxygens (including phenoxy) is 1. The van der Waals surface area contributed by atoms with Crippen LogP contribution in [-0.4, -0.2) is 110 Å². The summed E-state index contributed by atoms with van der Waals surface area (Å²) in [6.07, 6.45) is 8.90. The molecule has 4 amide bonds. The average molecular weight is 983 g/mol. The third kappa shape index (κ3) is 18.7. The Morgan fingerprint density at radius 2 is 0.915 bits per heavy atom. The number of hydrogen-bond donors (Lipinski definition) is 4. The number of nitrogens with one attached hydrogen (secondary N) is 4. The van der Waals surface area contributed by atoms with Gasteiger partial charge in [0, 0.05) is 31.0 Å². The van der Waals surface area contributed by atoms with Crippen molar-refractivity contribution in [1.82, 2.24) is 31.1 Å². The van der Waals surface area contributed by atoms with Gasteiger partial charge in [-0.25, -0.2) is 4.79 Å². The first-order valence-electron chi connectivity index (χ1n) is 25.2. The van der Waals surface area contributed by atoms with Crippen molar-refractivity contribution in [3.63, 3.8) is 0 Å². The maximum absolute atomic E-state index is 13.9. The van der Waals surface area contributed by atoms with Crippen LogP contribution in [0, 0.1) is 22.7 Å². The summed E-state index contributed by atoms with van der Waals surface area (Å²) in [6.45, 7) is 38.0. The van der Waals surface area contributed by atoms with Gasteiger partial charge in [0.2, 0.25) is 23.6 Å². The number of likely N-dealkylation sites (N-methyl/N-ethyl adjacent to an activating group) is 4. The third-order valence-electron chi connectivity index (χ3n) is 13.3. The number of benzene rings is 2. The standard InChI is InChI=1S/C31H49N3O4.C28H45N3O2/c1-12-38-25(35)19-18-22(4)20-24(21(2)3)34(11)29(37)27(30(5,6)7)33-28(36)26(32-10)31(8,9)23-16-14-13-15-17-23;1-12-20(4)18-22(19(2)3)31(11)26(33)24(27(5,6)7)30-25(32)23(29-10)28(8,9)21-16-14-13-15-17-21/h13-21,24,26-27,32H,12H2,1-11H3,(H,33,36);12-19,22-24,29H,1H2,2-11H3,(H,30,32)/b19-18-,22-20+;20-18+/t24-,26-,27-;22-,23-,24-/m11/s1. The molecule has 0 radical (unpaired) electrons. The predicted molar refractivity (Wildman–Crippen MR) is 294 cm³/mol. The van der Waals surface area contributed by atoms with Crippen molar-refractivity contribution in [2.75, 3.05) is 34.8 Å². The molecule has 0 spiro atoms. The Kier molecular flexibility index (Phi) is 25.2. The monoisotopic (exact) mass is 983 g/mol. The summed E-state index contributed by atoms with van der Waals surface area (Å²) in [5.41, 5.74) is 1.97. The van der Waals surface area contributed by atoms with Crippen molar-refractivity contribution < 1.29 is 28.7 Å². The molecule has 4 N–H and O–H groups in total. The van der Waals surface area contributed by atoms with Crippen LogP contribution in [-0.2, 0) is 39.5 Å². The van der Waals surface area contributed by atoms with Gasteiger partial charge in [-0.3, -0.25) is 19.2 Å². The highest BCUT2D eigenvalue weighted by atomic mass is 16.5. The number of carbonyl (C=O) groups excluding carboxylic acids is 5. The van der Waals surface area contributed by atoms with Crippen LogP contribution in [0.2, 0.25) is 0 Å². The zero-order chi connectivity index (χ0) is 54.8. The lowest BCUT2D eigenvalue weighted by molar-refractivity contribution is -0.141. The van der Waals surface area contributed by atoms with Gasteiger partial charge in [-0.05, 0) is 68.7 Å². The van der Waals surface area contributed by atoms with Crippen LogP contribution in [0.4, 0.5) is 0 Å². The van der Waals surface area contributed by atoms with Gasteiger partial charge < -0.3 is 35.8 Å². The molecule has 2 aromatic carbocycles. The van der Waals surface area contributed by atoms with Gasteiger partial charge in [0.05, 0.1) is 30.8 Å². The largest absolute Gasteiger partial charge is 0.463 e. The fraction of sp³-hybridized carbons (Fsp3) is 0.576. The van der Waals surface area contributed by atoms with Crippen LogP contribution in [0.1, 0.15) is 129 Å². The van der Waals surface area contributed by atoms with Crippen LogP contribution >= 0.6 is 0 Å². The Hall–Kier alpha value is -5.33. The summed E-state index contributed by atoms with van der Waals surface area (Å²) in [5.74, 6) is -0.773. The first kappa shape index (κ1) is 63.7. The first-order chi connectivity index (χ1) is 32.7. The number of amides is 4. The highest BCUT2D eigenvalue weighted by Crippen LogP contribution is 2.31. The topological polar surface area (TPSA) is 149 Å². The lowest BCUT2D eigenvalue weighted by Gasteiger charge is -2.40. The molecule has 0 aromatic heterocycles. The molecular formula is C59H94N6O6. The summed E-state index contributed by atoms with van der Waals surface area (Å²) in [5, 5.41) is 12.5. The second-order valence-corrected chi connectivity index (χ2v) is 22.7. The van der Waals surface area contributed by atoms with Crippen LogP contribution in [0.15, 0.2) is 109 Å². The molecule has 0 heterocycles. The van der Waals surface area contributed by atoms with Crippen molar-refractivity contribution in [3.8, 4) is 0 Å². The maximum atomic E-state index is 13.9. The maximum Gasteiger partial charge on any atom is 0.330 e. The molecule has 0 saturated carbocycles.